The Kier molecular flexibility index (Phi) is 6.46. The van der Waals surface area contributed by atoms with Crippen LogP contribution in [0.5, 0.6) is 0 Å². The van der Waals surface area contributed by atoms with Crippen LogP contribution in [-0.2, 0) is 15.9 Å². The van der Waals surface area contributed by atoms with E-state index in [0.29, 0.717) is 25.5 Å². The van der Waals surface area contributed by atoms with Gasteiger partial charge >= 0.3 is 0 Å². The van der Waals surface area contributed by atoms with E-state index in [4.69, 9.17) is 13.9 Å². The van der Waals surface area contributed by atoms with E-state index in [1.165, 1.54) is 0 Å². The van der Waals surface area contributed by atoms with Gasteiger partial charge in [0, 0.05) is 19.6 Å². The highest BCUT2D eigenvalue weighted by molar-refractivity contribution is 5.91. The highest BCUT2D eigenvalue weighted by atomic mass is 16.7. The van der Waals surface area contributed by atoms with Crippen molar-refractivity contribution in [1.82, 2.24) is 5.32 Å². The highest BCUT2D eigenvalue weighted by Crippen LogP contribution is 2.08. The van der Waals surface area contributed by atoms with Crippen molar-refractivity contribution < 1.29 is 18.7 Å². The largest absolute Gasteiger partial charge is 0.456 e. The topological polar surface area (TPSA) is 60.7 Å². The minimum atomic E-state index is -0.412. The first-order valence-corrected chi connectivity index (χ1v) is 6.31. The Labute approximate surface area is 107 Å². The van der Waals surface area contributed by atoms with Gasteiger partial charge in [0.15, 0.2) is 12.1 Å². The molecule has 102 valence electrons. The maximum absolute atomic E-state index is 11.8. The maximum atomic E-state index is 11.8. The van der Waals surface area contributed by atoms with Crippen LogP contribution < -0.4 is 5.32 Å². The molecule has 0 radical (unpaired) electrons. The zero-order valence-corrected chi connectivity index (χ0v) is 11.2. The molecule has 1 heterocycles. The van der Waals surface area contributed by atoms with Gasteiger partial charge in [-0.15, -0.1) is 0 Å². The lowest BCUT2D eigenvalue weighted by Gasteiger charge is -2.16. The molecule has 1 amide bonds. The number of rotatable bonds is 8. The Bertz CT molecular complexity index is 356. The number of carbonyl (C=O) groups excluding carboxylic acids is 1. The molecule has 0 aliphatic carbocycles. The van der Waals surface area contributed by atoms with Crippen LogP contribution in [0, 0.1) is 0 Å². The Morgan fingerprint density at radius 2 is 1.94 bits per heavy atom. The summed E-state index contributed by atoms with van der Waals surface area (Å²) in [5, 5.41) is 2.72. The standard InChI is InChI=1S/C13H21NO4/c1-4-10-7-8-11(18-10)13(15)14-9-12(16-5-2)17-6-3/h7-8,12H,4-6,9H2,1-3H3,(H,14,15). The van der Waals surface area contributed by atoms with Crippen molar-refractivity contribution in [3.8, 4) is 0 Å². The number of furan rings is 1. The van der Waals surface area contributed by atoms with Gasteiger partial charge in [-0.25, -0.2) is 0 Å². The average molecular weight is 255 g/mol. The van der Waals surface area contributed by atoms with Crippen LogP contribution in [0.3, 0.4) is 0 Å². The summed E-state index contributed by atoms with van der Waals surface area (Å²) in [6.07, 6.45) is 0.359. The van der Waals surface area contributed by atoms with Gasteiger partial charge in [-0.1, -0.05) is 6.92 Å². The molecule has 0 unspecified atom stereocenters. The predicted octanol–water partition coefficient (Wildman–Crippen LogP) is 1.97. The lowest BCUT2D eigenvalue weighted by Crippen LogP contribution is -2.35. The first-order chi connectivity index (χ1) is 8.71. The first kappa shape index (κ1) is 14.7. The van der Waals surface area contributed by atoms with Gasteiger partial charge in [-0.2, -0.15) is 0 Å². The van der Waals surface area contributed by atoms with Crippen LogP contribution in [0.25, 0.3) is 0 Å². The molecule has 0 aliphatic heterocycles. The van der Waals surface area contributed by atoms with Gasteiger partial charge in [0.05, 0.1) is 6.54 Å². The van der Waals surface area contributed by atoms with Crippen LogP contribution >= 0.6 is 0 Å². The normalized spacial score (nSPS) is 10.9. The summed E-state index contributed by atoms with van der Waals surface area (Å²) >= 11 is 0. The van der Waals surface area contributed by atoms with E-state index in [9.17, 15) is 4.79 Å². The molecule has 1 aromatic heterocycles. The summed E-state index contributed by atoms with van der Waals surface area (Å²) in [7, 11) is 0. The smallest absolute Gasteiger partial charge is 0.287 e. The van der Waals surface area contributed by atoms with E-state index >= 15 is 0 Å². The Balaban J connectivity index is 2.43. The van der Waals surface area contributed by atoms with Crippen molar-refractivity contribution in [1.29, 1.82) is 0 Å². The minimum absolute atomic E-state index is 0.251. The van der Waals surface area contributed by atoms with Gasteiger partial charge in [-0.3, -0.25) is 4.79 Å². The molecule has 0 aromatic carbocycles. The molecule has 1 aromatic rings. The van der Waals surface area contributed by atoms with Gasteiger partial charge < -0.3 is 19.2 Å². The van der Waals surface area contributed by atoms with Crippen LogP contribution in [0.15, 0.2) is 16.5 Å². The second-order valence-corrected chi connectivity index (χ2v) is 3.67. The summed E-state index contributed by atoms with van der Waals surface area (Å²) in [5.41, 5.74) is 0. The van der Waals surface area contributed by atoms with Crippen molar-refractivity contribution in [2.75, 3.05) is 19.8 Å². The second kappa shape index (κ2) is 7.89. The fourth-order valence-corrected chi connectivity index (χ4v) is 1.49. The van der Waals surface area contributed by atoms with Crippen LogP contribution in [-0.4, -0.2) is 32.0 Å². The van der Waals surface area contributed by atoms with Crippen molar-refractivity contribution in [3.63, 3.8) is 0 Å². The number of carbonyl (C=O) groups is 1. The van der Waals surface area contributed by atoms with E-state index < -0.39 is 6.29 Å². The third-order valence-corrected chi connectivity index (χ3v) is 2.37. The number of hydrogen-bond donors (Lipinski definition) is 1. The molecule has 0 spiro atoms. The van der Waals surface area contributed by atoms with Crippen LogP contribution in [0.1, 0.15) is 37.1 Å². The molecular formula is C13H21NO4. The van der Waals surface area contributed by atoms with Crippen molar-refractivity contribution >= 4 is 5.91 Å². The molecule has 18 heavy (non-hydrogen) atoms. The molecule has 0 saturated heterocycles. The molecule has 0 aliphatic rings. The predicted molar refractivity (Wildman–Crippen MR) is 67.5 cm³/mol. The average Bonchev–Trinajstić information content (AvgIpc) is 2.85. The van der Waals surface area contributed by atoms with E-state index in [2.05, 4.69) is 5.32 Å². The monoisotopic (exact) mass is 255 g/mol. The Morgan fingerprint density at radius 3 is 2.44 bits per heavy atom. The number of hydrogen-bond acceptors (Lipinski definition) is 4. The molecule has 0 atom stereocenters. The van der Waals surface area contributed by atoms with Crippen LogP contribution in [0.2, 0.25) is 0 Å². The summed E-state index contributed by atoms with van der Waals surface area (Å²) < 4.78 is 16.0. The lowest BCUT2D eigenvalue weighted by molar-refractivity contribution is -0.131. The van der Waals surface area contributed by atoms with Gasteiger partial charge in [0.1, 0.15) is 5.76 Å². The number of aryl methyl sites for hydroxylation is 1. The Morgan fingerprint density at radius 1 is 1.28 bits per heavy atom. The quantitative estimate of drug-likeness (QED) is 0.721. The molecule has 0 bridgehead atoms. The summed E-state index contributed by atoms with van der Waals surface area (Å²) in [4.78, 5) is 11.8. The minimum Gasteiger partial charge on any atom is -0.456 e. The number of amides is 1. The molecule has 0 fully saturated rings. The number of ether oxygens (including phenoxy) is 2. The van der Waals surface area contributed by atoms with Crippen molar-refractivity contribution in [2.45, 2.75) is 33.5 Å². The van der Waals surface area contributed by atoms with Crippen LogP contribution in [0.4, 0.5) is 0 Å². The second-order valence-electron chi connectivity index (χ2n) is 3.67. The Hall–Kier alpha value is -1.33. The third kappa shape index (κ3) is 4.50. The van der Waals surface area contributed by atoms with E-state index in [-0.39, 0.29) is 5.91 Å². The molecule has 1 N–H and O–H groups in total. The zero-order valence-electron chi connectivity index (χ0n) is 11.2. The van der Waals surface area contributed by atoms with Gasteiger partial charge in [0.25, 0.3) is 5.91 Å². The fraction of sp³-hybridized carbons (Fsp3) is 0.615. The highest BCUT2D eigenvalue weighted by Gasteiger charge is 2.14. The van der Waals surface area contributed by atoms with Gasteiger partial charge in [-0.05, 0) is 26.0 Å². The summed E-state index contributed by atoms with van der Waals surface area (Å²) in [6.45, 7) is 7.13. The SMILES string of the molecule is CCOC(CNC(=O)c1ccc(CC)o1)OCC. The van der Waals surface area contributed by atoms with E-state index in [1.807, 2.05) is 20.8 Å². The summed E-state index contributed by atoms with van der Waals surface area (Å²) in [6, 6.07) is 3.47. The first-order valence-electron chi connectivity index (χ1n) is 6.31. The summed E-state index contributed by atoms with van der Waals surface area (Å²) in [5.74, 6) is 0.865. The third-order valence-electron chi connectivity index (χ3n) is 2.37. The van der Waals surface area contributed by atoms with E-state index in [1.54, 1.807) is 12.1 Å². The molecule has 5 nitrogen and oxygen atoms in total. The fourth-order valence-electron chi connectivity index (χ4n) is 1.49. The van der Waals surface area contributed by atoms with Gasteiger partial charge in [0.2, 0.25) is 0 Å². The number of nitrogens with one attached hydrogen (secondary N) is 1. The maximum Gasteiger partial charge on any atom is 0.287 e. The van der Waals surface area contributed by atoms with Crippen molar-refractivity contribution in [2.24, 2.45) is 0 Å². The zero-order chi connectivity index (χ0) is 13.4. The molecular weight excluding hydrogens is 234 g/mol. The van der Waals surface area contributed by atoms with Crippen molar-refractivity contribution in [3.05, 3.63) is 23.7 Å². The molecule has 0 saturated carbocycles. The van der Waals surface area contributed by atoms with E-state index in [0.717, 1.165) is 12.2 Å². The lowest BCUT2D eigenvalue weighted by atomic mass is 10.3. The molecule has 5 heteroatoms. The molecule has 1 rings (SSSR count).